The van der Waals surface area contributed by atoms with E-state index in [1.54, 1.807) is 0 Å². The van der Waals surface area contributed by atoms with Gasteiger partial charge >= 0.3 is 193 Å². The number of ether oxygens (including phenoxy) is 1. The summed E-state index contributed by atoms with van der Waals surface area (Å²) in [6.45, 7) is 15.5. The zero-order valence-electron chi connectivity index (χ0n) is 21.2. The van der Waals surface area contributed by atoms with E-state index in [4.69, 9.17) is 4.74 Å². The van der Waals surface area contributed by atoms with Gasteiger partial charge in [0.15, 0.2) is 0 Å². The first-order chi connectivity index (χ1) is 14.4. The molecular formula is C27H50O2Sn. The first kappa shape index (κ1) is 29.6. The summed E-state index contributed by atoms with van der Waals surface area (Å²) in [5, 5.41) is 0. The van der Waals surface area contributed by atoms with Gasteiger partial charge in [-0.25, -0.2) is 0 Å². The summed E-state index contributed by atoms with van der Waals surface area (Å²) in [7, 11) is 0. The third-order valence-corrected chi connectivity index (χ3v) is 22.2. The Bertz CT molecular complexity index is 517. The van der Waals surface area contributed by atoms with E-state index in [-0.39, 0.29) is 18.0 Å². The molecule has 0 spiro atoms. The summed E-state index contributed by atoms with van der Waals surface area (Å²) in [4.78, 5) is 13.0. The Labute approximate surface area is 192 Å². The van der Waals surface area contributed by atoms with E-state index in [1.165, 1.54) is 55.4 Å². The van der Waals surface area contributed by atoms with E-state index >= 15 is 0 Å². The molecule has 0 aromatic carbocycles. The van der Waals surface area contributed by atoms with Gasteiger partial charge in [-0.05, 0) is 0 Å². The average molecular weight is 525 g/mol. The second-order valence-electron chi connectivity index (χ2n) is 9.18. The molecule has 1 atom stereocenters. The quantitative estimate of drug-likeness (QED) is 0.0875. The molecule has 3 heteroatoms. The zero-order chi connectivity index (χ0) is 22.8. The van der Waals surface area contributed by atoms with Gasteiger partial charge in [0, 0.05) is 0 Å². The number of hydrogen-bond donors (Lipinski definition) is 0. The van der Waals surface area contributed by atoms with Crippen LogP contribution in [0.2, 0.25) is 13.3 Å². The Hall–Kier alpha value is -0.431. The van der Waals surface area contributed by atoms with Crippen molar-refractivity contribution in [3.05, 3.63) is 9.67 Å². The molecule has 174 valence electrons. The van der Waals surface area contributed by atoms with Crippen LogP contribution >= 0.6 is 0 Å². The van der Waals surface area contributed by atoms with Crippen LogP contribution in [-0.4, -0.2) is 30.5 Å². The topological polar surface area (TPSA) is 26.3 Å². The standard InChI is InChI=1S/C15H23O2.3C4H9.Sn/c1-5-7-9-11-14(13(3)4)17-15(16)12-10-8-6-2;3*1-3-4-2;/h12-14H,5-8H2,1-4H3;3*1,3-4H2,2H3;. The zero-order valence-corrected chi connectivity index (χ0v) is 24.1. The fourth-order valence-corrected chi connectivity index (χ4v) is 21.2. The number of allylic oxidation sites excluding steroid dienone is 1. The van der Waals surface area contributed by atoms with Crippen molar-refractivity contribution in [2.75, 3.05) is 0 Å². The monoisotopic (exact) mass is 526 g/mol. The molecule has 0 saturated heterocycles. The molecule has 0 amide bonds. The van der Waals surface area contributed by atoms with E-state index < -0.39 is 18.4 Å². The third kappa shape index (κ3) is 11.8. The van der Waals surface area contributed by atoms with E-state index in [2.05, 4.69) is 60.3 Å². The number of rotatable bonds is 16. The predicted octanol–water partition coefficient (Wildman–Crippen LogP) is 8.47. The normalized spacial score (nSPS) is 13.1. The summed E-state index contributed by atoms with van der Waals surface area (Å²) in [5.41, 5.74) is 0. The van der Waals surface area contributed by atoms with Crippen LogP contribution in [0.25, 0.3) is 0 Å². The summed E-state index contributed by atoms with van der Waals surface area (Å²) in [6, 6.07) is 0. The van der Waals surface area contributed by atoms with Gasteiger partial charge < -0.3 is 0 Å². The Morgan fingerprint density at radius 2 is 1.40 bits per heavy atom. The van der Waals surface area contributed by atoms with Gasteiger partial charge in [0.25, 0.3) is 0 Å². The van der Waals surface area contributed by atoms with Crippen LogP contribution in [-0.2, 0) is 9.53 Å². The number of hydrogen-bond acceptors (Lipinski definition) is 2. The van der Waals surface area contributed by atoms with Gasteiger partial charge in [-0.3, -0.25) is 0 Å². The Morgan fingerprint density at radius 3 is 1.80 bits per heavy atom. The molecule has 2 nitrogen and oxygen atoms in total. The van der Waals surface area contributed by atoms with Crippen LogP contribution < -0.4 is 0 Å². The van der Waals surface area contributed by atoms with Crippen LogP contribution in [0.3, 0.4) is 0 Å². The fourth-order valence-electron chi connectivity index (χ4n) is 4.09. The van der Waals surface area contributed by atoms with Gasteiger partial charge in [-0.2, -0.15) is 0 Å². The first-order valence-electron chi connectivity index (χ1n) is 12.8. The number of esters is 1. The molecule has 0 fully saturated rings. The van der Waals surface area contributed by atoms with Gasteiger partial charge in [0.1, 0.15) is 0 Å². The van der Waals surface area contributed by atoms with E-state index in [0.717, 1.165) is 25.7 Å². The molecule has 0 N–H and O–H groups in total. The van der Waals surface area contributed by atoms with Gasteiger partial charge in [-0.15, -0.1) is 0 Å². The second kappa shape index (κ2) is 18.2. The fraction of sp³-hybridized carbons (Fsp3) is 0.815. The molecule has 0 rings (SSSR count). The molecule has 0 radical (unpaired) electrons. The van der Waals surface area contributed by atoms with Gasteiger partial charge in [0.05, 0.1) is 0 Å². The number of unbranched alkanes of at least 4 members (excludes halogenated alkanes) is 4. The summed E-state index contributed by atoms with van der Waals surface area (Å²) < 4.78 is 11.6. The Kier molecular flexibility index (Phi) is 17.9. The molecule has 30 heavy (non-hydrogen) atoms. The van der Waals surface area contributed by atoms with Crippen LogP contribution in [0.5, 0.6) is 0 Å². The molecule has 0 aliphatic heterocycles. The predicted molar refractivity (Wildman–Crippen MR) is 135 cm³/mol. The minimum absolute atomic E-state index is 0.145. The molecular weight excluding hydrogens is 475 g/mol. The minimum atomic E-state index is -2.58. The van der Waals surface area contributed by atoms with Crippen molar-refractivity contribution >= 4 is 24.3 Å². The van der Waals surface area contributed by atoms with Crippen molar-refractivity contribution in [3.8, 4) is 11.8 Å². The average Bonchev–Trinajstić information content (AvgIpc) is 2.72. The molecule has 0 aromatic heterocycles. The van der Waals surface area contributed by atoms with Crippen molar-refractivity contribution in [2.24, 2.45) is 5.92 Å². The Morgan fingerprint density at radius 1 is 0.867 bits per heavy atom. The summed E-state index contributed by atoms with van der Waals surface area (Å²) in [5.74, 6) is 6.44. The third-order valence-electron chi connectivity index (χ3n) is 5.99. The first-order valence-corrected chi connectivity index (χ1v) is 20.3. The van der Waals surface area contributed by atoms with Crippen molar-refractivity contribution in [1.29, 1.82) is 0 Å². The molecule has 0 heterocycles. The molecule has 0 aliphatic carbocycles. The Balaban J connectivity index is 5.84. The second-order valence-corrected chi connectivity index (χ2v) is 22.6. The van der Waals surface area contributed by atoms with Gasteiger partial charge in [0.2, 0.25) is 0 Å². The van der Waals surface area contributed by atoms with Crippen LogP contribution in [0.1, 0.15) is 113 Å². The van der Waals surface area contributed by atoms with Crippen molar-refractivity contribution in [3.63, 3.8) is 0 Å². The van der Waals surface area contributed by atoms with E-state index in [9.17, 15) is 4.79 Å². The van der Waals surface area contributed by atoms with E-state index in [1.807, 2.05) is 6.08 Å². The number of carbonyl (C=O) groups excluding carboxylic acids is 1. The van der Waals surface area contributed by atoms with Gasteiger partial charge in [-0.1, -0.05) is 0 Å². The van der Waals surface area contributed by atoms with Crippen LogP contribution in [0.15, 0.2) is 9.67 Å². The summed E-state index contributed by atoms with van der Waals surface area (Å²) >= 11 is -2.58. The van der Waals surface area contributed by atoms with Crippen LogP contribution in [0.4, 0.5) is 0 Å². The number of carbonyl (C=O) groups is 1. The van der Waals surface area contributed by atoms with Crippen LogP contribution in [0, 0.1) is 17.8 Å². The molecule has 0 aliphatic rings. The SMILES string of the molecule is CCCC#CC(OC(=O)/C=[C](\CCC)[Sn]([CH2]CCC)([CH2]CCC)[CH2]CCC)C(C)C. The maximum absolute atomic E-state index is 13.0. The molecule has 0 bridgehead atoms. The molecule has 0 saturated carbocycles. The van der Waals surface area contributed by atoms with Crippen molar-refractivity contribution in [2.45, 2.75) is 132 Å². The van der Waals surface area contributed by atoms with E-state index in [0.29, 0.717) is 0 Å². The van der Waals surface area contributed by atoms with Crippen molar-refractivity contribution in [1.82, 2.24) is 0 Å². The summed E-state index contributed by atoms with van der Waals surface area (Å²) in [6.07, 6.45) is 13.5. The maximum atomic E-state index is 13.0. The van der Waals surface area contributed by atoms with Crippen molar-refractivity contribution < 1.29 is 9.53 Å². The molecule has 0 aromatic rings. The molecule has 1 unspecified atom stereocenters.